The predicted octanol–water partition coefficient (Wildman–Crippen LogP) is 6.03. The molecule has 3 aromatic rings. The molecule has 0 amide bonds. The average Bonchev–Trinajstić information content (AvgIpc) is 2.96. The topological polar surface area (TPSA) is 70.6 Å². The number of phenolic OH excluding ortho intramolecular Hbond substituents is 1. The van der Waals surface area contributed by atoms with Crippen molar-refractivity contribution in [2.45, 2.75) is 24.8 Å². The Kier molecular flexibility index (Phi) is 5.27. The molecule has 2 aliphatic rings. The third-order valence-electron chi connectivity index (χ3n) is 6.19. The normalized spacial score (nSPS) is 19.9. The molecule has 0 fully saturated rings. The molecule has 0 unspecified atom stereocenters. The largest absolute Gasteiger partial charge is 0.504 e. The number of hydrogen-bond donors (Lipinski definition) is 3. The van der Waals surface area contributed by atoms with Crippen LogP contribution in [0.1, 0.15) is 35.9 Å². The van der Waals surface area contributed by atoms with Crippen LogP contribution in [0, 0.1) is 0 Å². The fraction of sp³-hybridized carbons (Fsp3) is 0.192. The van der Waals surface area contributed by atoms with Crippen LogP contribution in [0.5, 0.6) is 11.5 Å². The molecule has 0 saturated heterocycles. The standard InChI is InChI=1S/C26H23ClN2O3/c1-32-24-11-8-16(13-22(24)30)26-25-21(28-19-4-2-3-5-20(19)29-26)12-17(14-23(25)31)15-6-9-18(27)10-7-15/h2-11,13,17,26,28-30H,12,14H2,1H3/t17-,26+/m1/s1. The zero-order valence-corrected chi connectivity index (χ0v) is 18.3. The van der Waals surface area contributed by atoms with Crippen LogP contribution in [0.15, 0.2) is 78.0 Å². The van der Waals surface area contributed by atoms with Crippen LogP contribution in [0.4, 0.5) is 11.4 Å². The number of aromatic hydroxyl groups is 1. The minimum Gasteiger partial charge on any atom is -0.504 e. The summed E-state index contributed by atoms with van der Waals surface area (Å²) >= 11 is 6.06. The molecule has 1 heterocycles. The third kappa shape index (κ3) is 3.69. The van der Waals surface area contributed by atoms with Gasteiger partial charge in [0.1, 0.15) is 0 Å². The number of rotatable bonds is 3. The van der Waals surface area contributed by atoms with Crippen LogP contribution in [0.25, 0.3) is 0 Å². The highest BCUT2D eigenvalue weighted by Crippen LogP contribution is 2.45. The van der Waals surface area contributed by atoms with E-state index >= 15 is 0 Å². The number of benzene rings is 3. The zero-order chi connectivity index (χ0) is 22.2. The Morgan fingerprint density at radius 2 is 1.69 bits per heavy atom. The Morgan fingerprint density at radius 1 is 0.969 bits per heavy atom. The van der Waals surface area contributed by atoms with E-state index in [1.165, 1.54) is 7.11 Å². The molecule has 3 N–H and O–H groups in total. The molecular formula is C26H23ClN2O3. The summed E-state index contributed by atoms with van der Waals surface area (Å²) < 4.78 is 5.20. The fourth-order valence-corrected chi connectivity index (χ4v) is 4.73. The van der Waals surface area contributed by atoms with E-state index < -0.39 is 6.04 Å². The van der Waals surface area contributed by atoms with Crippen molar-refractivity contribution in [3.63, 3.8) is 0 Å². The van der Waals surface area contributed by atoms with Crippen molar-refractivity contribution < 1.29 is 14.6 Å². The lowest BCUT2D eigenvalue weighted by molar-refractivity contribution is -0.116. The van der Waals surface area contributed by atoms with E-state index in [2.05, 4.69) is 10.6 Å². The number of anilines is 2. The Labute approximate surface area is 191 Å². The molecule has 1 aliphatic heterocycles. The molecule has 0 saturated carbocycles. The van der Waals surface area contributed by atoms with Crippen LogP contribution >= 0.6 is 11.6 Å². The monoisotopic (exact) mass is 446 g/mol. The maximum Gasteiger partial charge on any atom is 0.163 e. The number of Topliss-reactive ketones (excluding diaryl/α,β-unsaturated/α-hetero) is 1. The minimum atomic E-state index is -0.392. The first-order chi connectivity index (χ1) is 15.5. The van der Waals surface area contributed by atoms with Gasteiger partial charge < -0.3 is 20.5 Å². The van der Waals surface area contributed by atoms with Crippen molar-refractivity contribution >= 4 is 28.8 Å². The molecule has 0 radical (unpaired) electrons. The average molecular weight is 447 g/mol. The Balaban J connectivity index is 1.60. The second kappa shape index (κ2) is 8.24. The van der Waals surface area contributed by atoms with E-state index in [1.807, 2.05) is 54.6 Å². The molecule has 0 aromatic heterocycles. The van der Waals surface area contributed by atoms with Crippen molar-refractivity contribution in [1.29, 1.82) is 0 Å². The van der Waals surface area contributed by atoms with Gasteiger partial charge in [-0.1, -0.05) is 41.9 Å². The molecule has 5 nitrogen and oxygen atoms in total. The number of para-hydroxylation sites is 2. The number of halogens is 1. The second-order valence-electron chi connectivity index (χ2n) is 8.15. The van der Waals surface area contributed by atoms with Gasteiger partial charge in [0.2, 0.25) is 0 Å². The molecule has 1 aliphatic carbocycles. The van der Waals surface area contributed by atoms with Gasteiger partial charge in [0, 0.05) is 22.7 Å². The number of hydrogen-bond acceptors (Lipinski definition) is 5. The molecule has 3 aromatic carbocycles. The highest BCUT2D eigenvalue weighted by molar-refractivity contribution is 6.30. The Bertz CT molecular complexity index is 1220. The first-order valence-electron chi connectivity index (χ1n) is 10.5. The lowest BCUT2D eigenvalue weighted by Gasteiger charge is -2.30. The van der Waals surface area contributed by atoms with Crippen LogP contribution in [0.2, 0.25) is 5.02 Å². The summed E-state index contributed by atoms with van der Waals surface area (Å²) in [5, 5.41) is 18.1. The zero-order valence-electron chi connectivity index (χ0n) is 17.6. The van der Waals surface area contributed by atoms with Gasteiger partial charge in [-0.25, -0.2) is 0 Å². The van der Waals surface area contributed by atoms with Crippen molar-refractivity contribution in [2.24, 2.45) is 0 Å². The van der Waals surface area contributed by atoms with Crippen molar-refractivity contribution in [2.75, 3.05) is 17.7 Å². The highest BCUT2D eigenvalue weighted by Gasteiger charge is 2.36. The number of ketones is 1. The van der Waals surface area contributed by atoms with Gasteiger partial charge in [-0.15, -0.1) is 0 Å². The van der Waals surface area contributed by atoms with Gasteiger partial charge in [-0.3, -0.25) is 4.79 Å². The lowest BCUT2D eigenvalue weighted by Crippen LogP contribution is -2.26. The van der Waals surface area contributed by atoms with Crippen LogP contribution < -0.4 is 15.4 Å². The van der Waals surface area contributed by atoms with E-state index in [0.717, 1.165) is 28.2 Å². The molecule has 6 heteroatoms. The molecule has 2 atom stereocenters. The summed E-state index contributed by atoms with van der Waals surface area (Å²) in [6.07, 6.45) is 1.12. The number of phenols is 1. The van der Waals surface area contributed by atoms with Gasteiger partial charge in [-0.05, 0) is 59.9 Å². The van der Waals surface area contributed by atoms with Crippen molar-refractivity contribution in [1.82, 2.24) is 0 Å². The maximum atomic E-state index is 13.5. The summed E-state index contributed by atoms with van der Waals surface area (Å²) in [6.45, 7) is 0. The van der Waals surface area contributed by atoms with Crippen LogP contribution in [-0.4, -0.2) is 18.0 Å². The minimum absolute atomic E-state index is 0.0433. The number of fused-ring (bicyclic) bond motifs is 1. The predicted molar refractivity (Wildman–Crippen MR) is 127 cm³/mol. The van der Waals surface area contributed by atoms with E-state index in [1.54, 1.807) is 12.1 Å². The highest BCUT2D eigenvalue weighted by atomic mass is 35.5. The van der Waals surface area contributed by atoms with E-state index in [9.17, 15) is 9.90 Å². The summed E-state index contributed by atoms with van der Waals surface area (Å²) in [6, 6.07) is 20.5. The number of allylic oxidation sites excluding steroid dienone is 1. The number of methoxy groups -OCH3 is 1. The molecule has 5 rings (SSSR count). The van der Waals surface area contributed by atoms with Gasteiger partial charge in [0.05, 0.1) is 24.5 Å². The summed E-state index contributed by atoms with van der Waals surface area (Å²) in [5.41, 5.74) is 5.32. The summed E-state index contributed by atoms with van der Waals surface area (Å²) in [5.74, 6) is 0.593. The van der Waals surface area contributed by atoms with Gasteiger partial charge in [-0.2, -0.15) is 0 Å². The Hall–Kier alpha value is -3.44. The second-order valence-corrected chi connectivity index (χ2v) is 8.59. The van der Waals surface area contributed by atoms with Gasteiger partial charge in [0.25, 0.3) is 0 Å². The third-order valence-corrected chi connectivity index (χ3v) is 6.44. The molecule has 162 valence electrons. The van der Waals surface area contributed by atoms with E-state index in [-0.39, 0.29) is 17.5 Å². The number of ether oxygens (including phenoxy) is 1. The van der Waals surface area contributed by atoms with E-state index in [0.29, 0.717) is 29.2 Å². The first-order valence-corrected chi connectivity index (χ1v) is 10.9. The van der Waals surface area contributed by atoms with Crippen molar-refractivity contribution in [3.05, 3.63) is 94.1 Å². The first kappa shape index (κ1) is 20.5. The summed E-state index contributed by atoms with van der Waals surface area (Å²) in [4.78, 5) is 13.5. The van der Waals surface area contributed by atoms with Crippen LogP contribution in [0.3, 0.4) is 0 Å². The van der Waals surface area contributed by atoms with Gasteiger partial charge in [0.15, 0.2) is 17.3 Å². The smallest absolute Gasteiger partial charge is 0.163 e. The lowest BCUT2D eigenvalue weighted by atomic mass is 9.78. The molecule has 0 bridgehead atoms. The number of carbonyl (C=O) groups is 1. The van der Waals surface area contributed by atoms with Gasteiger partial charge >= 0.3 is 0 Å². The molecular weight excluding hydrogens is 424 g/mol. The number of nitrogens with one attached hydrogen (secondary N) is 2. The summed E-state index contributed by atoms with van der Waals surface area (Å²) in [7, 11) is 1.51. The molecule has 0 spiro atoms. The number of carbonyl (C=O) groups excluding carboxylic acids is 1. The quantitative estimate of drug-likeness (QED) is 0.458. The fourth-order valence-electron chi connectivity index (χ4n) is 4.60. The van der Waals surface area contributed by atoms with Crippen molar-refractivity contribution in [3.8, 4) is 11.5 Å². The SMILES string of the molecule is COc1ccc([C@@H]2Nc3ccccc3NC3=C2C(=O)C[C@H](c2ccc(Cl)cc2)C3)cc1O. The molecule has 32 heavy (non-hydrogen) atoms. The van der Waals surface area contributed by atoms with E-state index in [4.69, 9.17) is 16.3 Å². The van der Waals surface area contributed by atoms with Crippen LogP contribution in [-0.2, 0) is 4.79 Å². The Morgan fingerprint density at radius 3 is 2.41 bits per heavy atom. The maximum absolute atomic E-state index is 13.5.